The minimum absolute atomic E-state index is 0.120. The third kappa shape index (κ3) is 4.82. The van der Waals surface area contributed by atoms with Gasteiger partial charge in [0.15, 0.2) is 0 Å². The van der Waals surface area contributed by atoms with Gasteiger partial charge in [-0.2, -0.15) is 4.31 Å². The van der Waals surface area contributed by atoms with Gasteiger partial charge in [-0.05, 0) is 41.8 Å². The molecule has 5 N–H and O–H groups in total. The number of hydrogen-bond acceptors (Lipinski definition) is 5. The number of fused-ring (bicyclic) bond motifs is 1. The fourth-order valence-electron chi connectivity index (χ4n) is 3.05. The van der Waals surface area contributed by atoms with Gasteiger partial charge in [-0.1, -0.05) is 24.3 Å². The van der Waals surface area contributed by atoms with E-state index in [2.05, 4.69) is 10.6 Å². The quantitative estimate of drug-likeness (QED) is 0.540. The Kier molecular flexibility index (Phi) is 6.30. The SMILES string of the molecule is N=C/C(=C\N)CNC(=O)Nc1ccc(S(=O)(=O)N2CCc3ccccc3C2)cc1. The van der Waals surface area contributed by atoms with Crippen LogP contribution >= 0.6 is 0 Å². The minimum Gasteiger partial charge on any atom is -0.404 e. The van der Waals surface area contributed by atoms with Crippen LogP contribution in [-0.2, 0) is 23.0 Å². The zero-order valence-corrected chi connectivity index (χ0v) is 16.6. The number of anilines is 1. The molecular formula is C20H23N5O3S. The van der Waals surface area contributed by atoms with Gasteiger partial charge in [0.1, 0.15) is 0 Å². The summed E-state index contributed by atoms with van der Waals surface area (Å²) in [7, 11) is -3.62. The van der Waals surface area contributed by atoms with E-state index in [4.69, 9.17) is 11.1 Å². The van der Waals surface area contributed by atoms with E-state index in [0.29, 0.717) is 30.8 Å². The fraction of sp³-hybridized carbons (Fsp3) is 0.200. The predicted octanol–water partition coefficient (Wildman–Crippen LogP) is 2.05. The molecule has 0 aromatic heterocycles. The van der Waals surface area contributed by atoms with Crippen molar-refractivity contribution in [2.45, 2.75) is 17.9 Å². The van der Waals surface area contributed by atoms with Crippen molar-refractivity contribution in [1.82, 2.24) is 9.62 Å². The molecule has 152 valence electrons. The summed E-state index contributed by atoms with van der Waals surface area (Å²) in [5, 5.41) is 12.3. The first-order valence-electron chi connectivity index (χ1n) is 9.07. The van der Waals surface area contributed by atoms with Gasteiger partial charge in [0.25, 0.3) is 0 Å². The lowest BCUT2D eigenvalue weighted by Gasteiger charge is -2.28. The molecule has 0 saturated heterocycles. The molecule has 0 fully saturated rings. The van der Waals surface area contributed by atoms with Crippen LogP contribution in [0.15, 0.2) is 65.2 Å². The number of nitrogens with zero attached hydrogens (tertiary/aromatic N) is 1. The van der Waals surface area contributed by atoms with E-state index >= 15 is 0 Å². The molecule has 0 atom stereocenters. The molecule has 0 radical (unpaired) electrons. The molecular weight excluding hydrogens is 390 g/mol. The third-order valence-corrected chi connectivity index (χ3v) is 6.56. The number of nitrogens with one attached hydrogen (secondary N) is 3. The molecule has 1 heterocycles. The maximum Gasteiger partial charge on any atom is 0.319 e. The smallest absolute Gasteiger partial charge is 0.319 e. The lowest BCUT2D eigenvalue weighted by Crippen LogP contribution is -2.35. The number of amides is 2. The first kappa shape index (κ1) is 20.6. The van der Waals surface area contributed by atoms with Crippen molar-refractivity contribution in [3.63, 3.8) is 0 Å². The molecule has 9 heteroatoms. The van der Waals surface area contributed by atoms with E-state index in [0.717, 1.165) is 11.8 Å². The topological polar surface area (TPSA) is 128 Å². The maximum atomic E-state index is 13.0. The average Bonchev–Trinajstić information content (AvgIpc) is 2.74. The largest absolute Gasteiger partial charge is 0.404 e. The lowest BCUT2D eigenvalue weighted by molar-refractivity contribution is 0.253. The normalized spacial score (nSPS) is 14.7. The Balaban J connectivity index is 1.65. The molecule has 0 bridgehead atoms. The summed E-state index contributed by atoms with van der Waals surface area (Å²) < 4.78 is 27.4. The summed E-state index contributed by atoms with van der Waals surface area (Å²) in [5.74, 6) is 0. The van der Waals surface area contributed by atoms with Crippen LogP contribution in [0.1, 0.15) is 11.1 Å². The standard InChI is InChI=1S/C20H23N5O3S/c21-11-15(12-22)13-23-20(26)24-18-5-7-19(8-6-18)29(27,28)25-10-9-16-3-1-2-4-17(16)14-25/h1-8,11-12,21H,9-10,13-14,22H2,(H2,23,24,26)/b15-12+,21-11?. The average molecular weight is 414 g/mol. The molecule has 29 heavy (non-hydrogen) atoms. The van der Waals surface area contributed by atoms with Crippen molar-refractivity contribution in [3.05, 3.63) is 71.4 Å². The monoisotopic (exact) mass is 413 g/mol. The molecule has 8 nitrogen and oxygen atoms in total. The zero-order chi connectivity index (χ0) is 20.9. The highest BCUT2D eigenvalue weighted by Gasteiger charge is 2.28. The van der Waals surface area contributed by atoms with Crippen molar-refractivity contribution in [3.8, 4) is 0 Å². The van der Waals surface area contributed by atoms with Gasteiger partial charge >= 0.3 is 6.03 Å². The first-order chi connectivity index (χ1) is 13.9. The molecule has 0 saturated carbocycles. The number of benzene rings is 2. The van der Waals surface area contributed by atoms with Crippen molar-refractivity contribution in [1.29, 1.82) is 5.41 Å². The van der Waals surface area contributed by atoms with E-state index in [9.17, 15) is 13.2 Å². The molecule has 0 unspecified atom stereocenters. The van der Waals surface area contributed by atoms with Gasteiger partial charge in [-0.25, -0.2) is 13.2 Å². The van der Waals surface area contributed by atoms with Gasteiger partial charge in [-0.15, -0.1) is 0 Å². The molecule has 1 aliphatic heterocycles. The Bertz CT molecular complexity index is 1030. The molecule has 2 aromatic carbocycles. The van der Waals surface area contributed by atoms with E-state index in [1.54, 1.807) is 12.1 Å². The highest BCUT2D eigenvalue weighted by atomic mass is 32.2. The first-order valence-corrected chi connectivity index (χ1v) is 10.5. The molecule has 0 spiro atoms. The van der Waals surface area contributed by atoms with Crippen LogP contribution in [0.2, 0.25) is 0 Å². The number of nitrogens with two attached hydrogens (primary N) is 1. The third-order valence-electron chi connectivity index (χ3n) is 4.70. The molecule has 2 aromatic rings. The van der Waals surface area contributed by atoms with Crippen molar-refractivity contribution < 1.29 is 13.2 Å². The van der Waals surface area contributed by atoms with Crippen molar-refractivity contribution >= 4 is 28.0 Å². The van der Waals surface area contributed by atoms with Crippen LogP contribution in [0.3, 0.4) is 0 Å². The van der Waals surface area contributed by atoms with Gasteiger partial charge in [0.05, 0.1) is 4.90 Å². The summed E-state index contributed by atoms with van der Waals surface area (Å²) in [6.45, 7) is 0.908. The van der Waals surface area contributed by atoms with E-state index in [1.165, 1.54) is 28.2 Å². The number of sulfonamides is 1. The summed E-state index contributed by atoms with van der Waals surface area (Å²) in [6, 6.07) is 13.4. The number of hydrogen-bond donors (Lipinski definition) is 4. The summed E-state index contributed by atoms with van der Waals surface area (Å²) in [5.41, 5.74) is 8.44. The fourth-order valence-corrected chi connectivity index (χ4v) is 4.47. The molecule has 3 rings (SSSR count). The van der Waals surface area contributed by atoms with Gasteiger partial charge in [0, 0.05) is 43.3 Å². The van der Waals surface area contributed by atoms with Gasteiger partial charge in [0.2, 0.25) is 10.0 Å². The van der Waals surface area contributed by atoms with E-state index in [-0.39, 0.29) is 11.4 Å². The van der Waals surface area contributed by atoms with Crippen molar-refractivity contribution in [2.75, 3.05) is 18.4 Å². The second-order valence-electron chi connectivity index (χ2n) is 6.58. The zero-order valence-electron chi connectivity index (χ0n) is 15.8. The highest BCUT2D eigenvalue weighted by Crippen LogP contribution is 2.25. The summed E-state index contributed by atoms with van der Waals surface area (Å²) >= 11 is 0. The Hall–Kier alpha value is -3.17. The number of rotatable bonds is 6. The minimum atomic E-state index is -3.62. The van der Waals surface area contributed by atoms with Crippen LogP contribution in [-0.4, -0.2) is 38.1 Å². The van der Waals surface area contributed by atoms with E-state index in [1.807, 2.05) is 24.3 Å². The van der Waals surface area contributed by atoms with Crippen LogP contribution < -0.4 is 16.4 Å². The Morgan fingerprint density at radius 2 is 1.83 bits per heavy atom. The lowest BCUT2D eigenvalue weighted by atomic mass is 10.0. The number of carbonyl (C=O) groups excluding carboxylic acids is 1. The Morgan fingerprint density at radius 1 is 1.14 bits per heavy atom. The van der Waals surface area contributed by atoms with Gasteiger partial charge in [-0.3, -0.25) is 0 Å². The molecule has 1 aliphatic rings. The van der Waals surface area contributed by atoms with Gasteiger partial charge < -0.3 is 21.8 Å². The molecule has 2 amide bonds. The predicted molar refractivity (Wildman–Crippen MR) is 112 cm³/mol. The van der Waals surface area contributed by atoms with Crippen molar-refractivity contribution in [2.24, 2.45) is 5.73 Å². The van der Waals surface area contributed by atoms with E-state index < -0.39 is 16.1 Å². The van der Waals surface area contributed by atoms with Crippen LogP contribution in [0, 0.1) is 5.41 Å². The molecule has 0 aliphatic carbocycles. The highest BCUT2D eigenvalue weighted by molar-refractivity contribution is 7.89. The number of carbonyl (C=O) groups is 1. The summed E-state index contributed by atoms with van der Waals surface area (Å²) in [6.07, 6.45) is 2.98. The Labute approximate surface area is 170 Å². The van der Waals surface area contributed by atoms with Crippen LogP contribution in [0.5, 0.6) is 0 Å². The Morgan fingerprint density at radius 3 is 2.48 bits per heavy atom. The van der Waals surface area contributed by atoms with Crippen LogP contribution in [0.25, 0.3) is 0 Å². The summed E-state index contributed by atoms with van der Waals surface area (Å²) in [4.78, 5) is 12.1. The maximum absolute atomic E-state index is 13.0. The second kappa shape index (κ2) is 8.89. The number of urea groups is 1. The van der Waals surface area contributed by atoms with Crippen LogP contribution in [0.4, 0.5) is 10.5 Å². The second-order valence-corrected chi connectivity index (χ2v) is 8.51.